The molecule has 8 nitrogen and oxygen atoms in total. The number of likely N-dealkylation sites (tertiary alicyclic amines) is 1. The summed E-state index contributed by atoms with van der Waals surface area (Å²) in [5.74, 6) is -3.52. The lowest BCUT2D eigenvalue weighted by atomic mass is 9.98. The predicted octanol–water partition coefficient (Wildman–Crippen LogP) is 4.47. The number of carbonyl (C=O) groups is 2. The molecule has 15 heteroatoms. The van der Waals surface area contributed by atoms with Crippen molar-refractivity contribution in [2.24, 2.45) is 5.92 Å². The summed E-state index contributed by atoms with van der Waals surface area (Å²) < 4.78 is 80.3. The van der Waals surface area contributed by atoms with E-state index in [0.29, 0.717) is 0 Å². The van der Waals surface area contributed by atoms with Gasteiger partial charge in [0.05, 0.1) is 23.6 Å². The van der Waals surface area contributed by atoms with Gasteiger partial charge in [-0.3, -0.25) is 9.59 Å². The molecule has 3 heterocycles. The molecule has 0 aliphatic carbocycles. The summed E-state index contributed by atoms with van der Waals surface area (Å²) in [5, 5.41) is 17.7. The first kappa shape index (κ1) is 27.6. The van der Waals surface area contributed by atoms with Gasteiger partial charge in [-0.15, -0.1) is 11.3 Å². The van der Waals surface area contributed by atoms with Gasteiger partial charge >= 0.3 is 18.3 Å². The van der Waals surface area contributed by atoms with Gasteiger partial charge in [0.15, 0.2) is 5.69 Å². The van der Waals surface area contributed by atoms with Crippen LogP contribution in [0.25, 0.3) is 16.4 Å². The van der Waals surface area contributed by atoms with Crippen molar-refractivity contribution >= 4 is 23.2 Å². The highest BCUT2D eigenvalue weighted by molar-refractivity contribution is 7.12. The van der Waals surface area contributed by atoms with Crippen molar-refractivity contribution in [2.75, 3.05) is 19.6 Å². The summed E-state index contributed by atoms with van der Waals surface area (Å²) >= 11 is 1.08. The van der Waals surface area contributed by atoms with Gasteiger partial charge in [0.1, 0.15) is 0 Å². The van der Waals surface area contributed by atoms with Crippen LogP contribution in [0.3, 0.4) is 0 Å². The number of alkyl halides is 6. The van der Waals surface area contributed by atoms with Crippen LogP contribution in [0.4, 0.5) is 26.3 Å². The lowest BCUT2D eigenvalue weighted by Crippen LogP contribution is -2.54. The van der Waals surface area contributed by atoms with Crippen molar-refractivity contribution in [1.29, 1.82) is 0 Å². The number of nitrogens with zero attached hydrogens (tertiary/aromatic N) is 4. The fraction of sp³-hybridized carbons (Fsp3) is 0.391. The SMILES string of the molecule is O=C(O)C[C@H](CCN1CC(C(F)(F)F)C1)NC(=O)c1cc(-c2ccccc2C(F)(F)F)n(-c2nccs2)n1. The lowest BCUT2D eigenvalue weighted by Gasteiger charge is -2.40. The Bertz CT molecular complexity index is 1290. The Balaban J connectivity index is 1.56. The largest absolute Gasteiger partial charge is 0.481 e. The molecule has 0 unspecified atom stereocenters. The third-order valence-electron chi connectivity index (χ3n) is 6.02. The molecule has 1 fully saturated rings. The van der Waals surface area contributed by atoms with E-state index in [1.165, 1.54) is 29.3 Å². The highest BCUT2D eigenvalue weighted by Gasteiger charge is 2.46. The van der Waals surface area contributed by atoms with E-state index in [-0.39, 0.29) is 48.1 Å². The van der Waals surface area contributed by atoms with E-state index in [2.05, 4.69) is 15.4 Å². The Hall–Kier alpha value is -3.46. The van der Waals surface area contributed by atoms with E-state index >= 15 is 0 Å². The molecular weight excluding hydrogens is 540 g/mol. The van der Waals surface area contributed by atoms with E-state index in [1.807, 2.05) is 0 Å². The highest BCUT2D eigenvalue weighted by atomic mass is 32.1. The molecule has 1 aromatic carbocycles. The molecule has 2 aromatic heterocycles. The van der Waals surface area contributed by atoms with Crippen molar-refractivity contribution in [3.05, 3.63) is 53.2 Å². The van der Waals surface area contributed by atoms with Crippen molar-refractivity contribution in [3.63, 3.8) is 0 Å². The quantitative estimate of drug-likeness (QED) is 0.374. The van der Waals surface area contributed by atoms with Crippen LogP contribution in [-0.2, 0) is 11.0 Å². The number of carboxylic acid groups (broad SMARTS) is 1. The van der Waals surface area contributed by atoms with Crippen molar-refractivity contribution in [1.82, 2.24) is 25.0 Å². The normalized spacial score (nSPS) is 15.7. The summed E-state index contributed by atoms with van der Waals surface area (Å²) in [4.78, 5) is 29.9. The van der Waals surface area contributed by atoms with E-state index in [0.717, 1.165) is 28.2 Å². The third kappa shape index (κ3) is 6.32. The monoisotopic (exact) mass is 561 g/mol. The molecule has 1 aliphatic heterocycles. The van der Waals surface area contributed by atoms with Gasteiger partial charge < -0.3 is 15.3 Å². The molecule has 0 spiro atoms. The molecule has 0 bridgehead atoms. The zero-order chi connectivity index (χ0) is 27.7. The van der Waals surface area contributed by atoms with Crippen LogP contribution in [0, 0.1) is 5.92 Å². The average molecular weight is 562 g/mol. The summed E-state index contributed by atoms with van der Waals surface area (Å²) in [6, 6.07) is 4.99. The molecule has 0 radical (unpaired) electrons. The molecule has 1 saturated heterocycles. The minimum Gasteiger partial charge on any atom is -0.481 e. The smallest absolute Gasteiger partial charge is 0.417 e. The topological polar surface area (TPSA) is 100 Å². The minimum absolute atomic E-state index is 0.0495. The average Bonchev–Trinajstić information content (AvgIpc) is 3.46. The van der Waals surface area contributed by atoms with Gasteiger partial charge in [0.25, 0.3) is 5.91 Å². The number of hydrogen-bond acceptors (Lipinski definition) is 6. The molecular formula is C23H21F6N5O3S. The van der Waals surface area contributed by atoms with Gasteiger partial charge in [0.2, 0.25) is 5.13 Å². The first-order valence-corrected chi connectivity index (χ1v) is 12.2. The second kappa shape index (κ2) is 10.7. The van der Waals surface area contributed by atoms with Crippen LogP contribution < -0.4 is 5.32 Å². The number of hydrogen-bond donors (Lipinski definition) is 2. The van der Waals surface area contributed by atoms with Crippen molar-refractivity contribution in [3.8, 4) is 16.4 Å². The number of aromatic nitrogens is 3. The Labute approximate surface area is 215 Å². The summed E-state index contributed by atoms with van der Waals surface area (Å²) in [6.07, 6.45) is -8.02. The third-order valence-corrected chi connectivity index (χ3v) is 6.77. The van der Waals surface area contributed by atoms with Crippen LogP contribution in [0.2, 0.25) is 0 Å². The molecule has 204 valence electrons. The van der Waals surface area contributed by atoms with Gasteiger partial charge in [-0.2, -0.15) is 31.4 Å². The number of rotatable bonds is 9. The fourth-order valence-electron chi connectivity index (χ4n) is 4.10. The number of nitrogens with one attached hydrogen (secondary N) is 1. The van der Waals surface area contributed by atoms with Crippen LogP contribution in [0.15, 0.2) is 41.9 Å². The number of carboxylic acids is 1. The van der Waals surface area contributed by atoms with Crippen LogP contribution in [0.1, 0.15) is 28.9 Å². The van der Waals surface area contributed by atoms with Gasteiger partial charge in [0, 0.05) is 42.8 Å². The first-order chi connectivity index (χ1) is 17.8. The number of amides is 1. The molecule has 38 heavy (non-hydrogen) atoms. The van der Waals surface area contributed by atoms with Crippen LogP contribution in [0.5, 0.6) is 0 Å². The molecule has 1 atom stereocenters. The highest BCUT2D eigenvalue weighted by Crippen LogP contribution is 2.38. The number of thiazole rings is 1. The number of aliphatic carboxylic acids is 1. The maximum Gasteiger partial charge on any atom is 0.417 e. The molecule has 3 aromatic rings. The zero-order valence-corrected chi connectivity index (χ0v) is 20.3. The lowest BCUT2D eigenvalue weighted by molar-refractivity contribution is -0.209. The summed E-state index contributed by atoms with van der Waals surface area (Å²) in [5.41, 5.74) is -1.50. The predicted molar refractivity (Wildman–Crippen MR) is 124 cm³/mol. The van der Waals surface area contributed by atoms with Crippen molar-refractivity contribution < 1.29 is 41.0 Å². The van der Waals surface area contributed by atoms with Crippen LogP contribution in [-0.4, -0.2) is 68.5 Å². The second-order valence-electron chi connectivity index (χ2n) is 8.74. The molecule has 2 N–H and O–H groups in total. The molecule has 1 aliphatic rings. The fourth-order valence-corrected chi connectivity index (χ4v) is 4.70. The van der Waals surface area contributed by atoms with E-state index in [4.69, 9.17) is 0 Å². The maximum absolute atomic E-state index is 13.7. The van der Waals surface area contributed by atoms with Gasteiger partial charge in [-0.05, 0) is 18.6 Å². The zero-order valence-electron chi connectivity index (χ0n) is 19.5. The van der Waals surface area contributed by atoms with Crippen LogP contribution >= 0.6 is 11.3 Å². The molecule has 1 amide bonds. The van der Waals surface area contributed by atoms with E-state index < -0.39 is 48.2 Å². The summed E-state index contributed by atoms with van der Waals surface area (Å²) in [7, 11) is 0. The van der Waals surface area contributed by atoms with Crippen molar-refractivity contribution in [2.45, 2.75) is 31.2 Å². The Kier molecular flexibility index (Phi) is 7.78. The number of benzene rings is 1. The Morgan fingerprint density at radius 3 is 2.47 bits per heavy atom. The number of carbonyl (C=O) groups excluding carboxylic acids is 1. The number of halogens is 6. The second-order valence-corrected chi connectivity index (χ2v) is 9.61. The molecule has 0 saturated carbocycles. The maximum atomic E-state index is 13.7. The minimum atomic E-state index is -4.69. The van der Waals surface area contributed by atoms with Gasteiger partial charge in [-0.25, -0.2) is 9.67 Å². The van der Waals surface area contributed by atoms with Gasteiger partial charge in [-0.1, -0.05) is 18.2 Å². The Morgan fingerprint density at radius 1 is 1.16 bits per heavy atom. The Morgan fingerprint density at radius 2 is 1.87 bits per heavy atom. The standard InChI is InChI=1S/C23H21F6N5O3S/c24-22(25,26)13-11-33(12-13)7-5-14(9-19(35)36)31-20(37)17-10-18(34(32-17)21-30-6-8-38-21)15-3-1-2-4-16(15)23(27,28)29/h1-4,6,8,10,13-14H,5,7,9,11-12H2,(H,31,37)(H,35,36)/t14-/m0/s1. The summed E-state index contributed by atoms with van der Waals surface area (Å²) in [6.45, 7) is -0.294. The first-order valence-electron chi connectivity index (χ1n) is 11.3. The molecule has 4 rings (SSSR count). The van der Waals surface area contributed by atoms with E-state index in [9.17, 15) is 41.0 Å². The van der Waals surface area contributed by atoms with E-state index in [1.54, 1.807) is 5.38 Å².